The SMILES string of the molecule is Cc1ccc2[nH]ncc2c1C1C=C(c2cccc(F)n2)c2nc[nH]c(=O)c2C1=N. The molecule has 1 unspecified atom stereocenters. The van der Waals surface area contributed by atoms with Gasteiger partial charge >= 0.3 is 0 Å². The van der Waals surface area contributed by atoms with Crippen LogP contribution in [0, 0.1) is 18.3 Å². The van der Waals surface area contributed by atoms with Gasteiger partial charge in [-0.25, -0.2) is 9.97 Å². The normalized spacial score (nSPS) is 16.0. The van der Waals surface area contributed by atoms with E-state index in [9.17, 15) is 9.18 Å². The first-order valence-electron chi connectivity index (χ1n) is 8.99. The van der Waals surface area contributed by atoms with E-state index in [0.717, 1.165) is 22.0 Å². The van der Waals surface area contributed by atoms with Gasteiger partial charge in [-0.3, -0.25) is 9.89 Å². The quantitative estimate of drug-likeness (QED) is 0.460. The van der Waals surface area contributed by atoms with Crippen LogP contribution in [0.15, 0.2) is 53.7 Å². The molecular formula is C21H15FN6O. The molecular weight excluding hydrogens is 371 g/mol. The number of aryl methyl sites for hydroxylation is 1. The van der Waals surface area contributed by atoms with Gasteiger partial charge in [0.2, 0.25) is 5.95 Å². The molecule has 1 aromatic carbocycles. The molecule has 0 radical (unpaired) electrons. The number of nitrogens with zero attached hydrogens (tertiary/aromatic N) is 3. The lowest BCUT2D eigenvalue weighted by Gasteiger charge is -2.25. The summed E-state index contributed by atoms with van der Waals surface area (Å²) in [5.74, 6) is -1.16. The number of rotatable bonds is 2. The van der Waals surface area contributed by atoms with E-state index in [1.54, 1.807) is 18.3 Å². The molecule has 1 aliphatic carbocycles. The molecule has 0 saturated heterocycles. The van der Waals surface area contributed by atoms with Crippen LogP contribution >= 0.6 is 0 Å². The maximum atomic E-state index is 13.8. The number of allylic oxidation sites excluding steroid dienone is 1. The van der Waals surface area contributed by atoms with Crippen LogP contribution < -0.4 is 5.56 Å². The summed E-state index contributed by atoms with van der Waals surface area (Å²) in [5, 5.41) is 16.7. The third kappa shape index (κ3) is 2.60. The van der Waals surface area contributed by atoms with Crippen LogP contribution in [0.4, 0.5) is 4.39 Å². The minimum atomic E-state index is -0.625. The Morgan fingerprint density at radius 1 is 1.21 bits per heavy atom. The zero-order valence-corrected chi connectivity index (χ0v) is 15.3. The summed E-state index contributed by atoms with van der Waals surface area (Å²) in [6, 6.07) is 8.35. The Bertz CT molecular complexity index is 1380. The van der Waals surface area contributed by atoms with Gasteiger partial charge in [0.1, 0.15) is 0 Å². The molecule has 0 bridgehead atoms. The largest absolute Gasteiger partial charge is 0.313 e. The van der Waals surface area contributed by atoms with Crippen LogP contribution in [-0.4, -0.2) is 30.9 Å². The molecule has 29 heavy (non-hydrogen) atoms. The molecule has 0 aliphatic heterocycles. The lowest BCUT2D eigenvalue weighted by Crippen LogP contribution is -2.29. The molecule has 0 fully saturated rings. The Labute approximate surface area is 163 Å². The number of aromatic nitrogens is 5. The summed E-state index contributed by atoms with van der Waals surface area (Å²) in [5.41, 5.74) is 3.75. The number of hydrogen-bond donors (Lipinski definition) is 3. The van der Waals surface area contributed by atoms with Gasteiger partial charge in [0.05, 0.1) is 40.7 Å². The number of nitrogens with one attached hydrogen (secondary N) is 3. The molecule has 0 saturated carbocycles. The zero-order valence-electron chi connectivity index (χ0n) is 15.3. The second-order valence-corrected chi connectivity index (χ2v) is 6.90. The smallest absolute Gasteiger partial charge is 0.260 e. The number of halogens is 1. The summed E-state index contributed by atoms with van der Waals surface area (Å²) >= 11 is 0. The molecule has 142 valence electrons. The Kier molecular flexibility index (Phi) is 3.73. The second kappa shape index (κ2) is 6.30. The first-order chi connectivity index (χ1) is 14.0. The summed E-state index contributed by atoms with van der Waals surface area (Å²) in [6.07, 6.45) is 4.82. The van der Waals surface area contributed by atoms with Gasteiger partial charge < -0.3 is 10.4 Å². The van der Waals surface area contributed by atoms with E-state index in [1.165, 1.54) is 12.4 Å². The van der Waals surface area contributed by atoms with E-state index in [4.69, 9.17) is 5.41 Å². The van der Waals surface area contributed by atoms with Gasteiger partial charge in [0, 0.05) is 16.9 Å². The summed E-state index contributed by atoms with van der Waals surface area (Å²) in [7, 11) is 0. The van der Waals surface area contributed by atoms with E-state index < -0.39 is 17.4 Å². The van der Waals surface area contributed by atoms with Crippen LogP contribution in [0.3, 0.4) is 0 Å². The average Bonchev–Trinajstić information content (AvgIpc) is 3.18. The molecule has 7 nitrogen and oxygen atoms in total. The molecule has 4 aromatic rings. The Balaban J connectivity index is 1.83. The Hall–Kier alpha value is -3.94. The van der Waals surface area contributed by atoms with Crippen LogP contribution in [0.2, 0.25) is 0 Å². The minimum Gasteiger partial charge on any atom is -0.313 e. The van der Waals surface area contributed by atoms with Gasteiger partial charge in [-0.15, -0.1) is 0 Å². The number of aromatic amines is 2. The van der Waals surface area contributed by atoms with E-state index in [2.05, 4.69) is 25.1 Å². The topological polar surface area (TPSA) is 111 Å². The molecule has 5 rings (SSSR count). The standard InChI is InChI=1S/C21H15FN6O/c1-10-5-6-15-13(8-26-28-15)17(10)12-7-11(14-3-2-4-16(22)27-14)20-18(19(12)23)21(29)25-9-24-20/h2-9,12,23H,1H3,(H,26,28)(H,24,25,29). The molecule has 3 heterocycles. The van der Waals surface area contributed by atoms with Crippen molar-refractivity contribution in [2.45, 2.75) is 12.8 Å². The van der Waals surface area contributed by atoms with Crippen molar-refractivity contribution < 1.29 is 4.39 Å². The maximum Gasteiger partial charge on any atom is 0.260 e. The molecule has 0 spiro atoms. The molecule has 3 aromatic heterocycles. The highest BCUT2D eigenvalue weighted by Crippen LogP contribution is 2.38. The first-order valence-corrected chi connectivity index (χ1v) is 8.99. The van der Waals surface area contributed by atoms with Crippen molar-refractivity contribution >= 4 is 22.2 Å². The van der Waals surface area contributed by atoms with Crippen molar-refractivity contribution in [3.05, 3.63) is 93.3 Å². The van der Waals surface area contributed by atoms with Crippen LogP contribution in [0.5, 0.6) is 0 Å². The fourth-order valence-electron chi connectivity index (χ4n) is 3.89. The molecule has 0 amide bonds. The van der Waals surface area contributed by atoms with Gasteiger partial charge in [-0.2, -0.15) is 9.49 Å². The van der Waals surface area contributed by atoms with Crippen LogP contribution in [0.25, 0.3) is 16.5 Å². The van der Waals surface area contributed by atoms with Crippen molar-refractivity contribution in [1.82, 2.24) is 25.1 Å². The summed E-state index contributed by atoms with van der Waals surface area (Å²) in [6.45, 7) is 1.95. The average molecular weight is 386 g/mol. The predicted molar refractivity (Wildman–Crippen MR) is 107 cm³/mol. The van der Waals surface area contributed by atoms with Crippen LogP contribution in [-0.2, 0) is 0 Å². The van der Waals surface area contributed by atoms with E-state index >= 15 is 0 Å². The van der Waals surface area contributed by atoms with E-state index in [0.29, 0.717) is 17.0 Å². The van der Waals surface area contributed by atoms with E-state index in [-0.39, 0.29) is 11.3 Å². The van der Waals surface area contributed by atoms with Crippen molar-refractivity contribution in [3.8, 4) is 0 Å². The van der Waals surface area contributed by atoms with Gasteiger partial charge in [0.25, 0.3) is 5.56 Å². The maximum absolute atomic E-state index is 13.8. The van der Waals surface area contributed by atoms with Crippen molar-refractivity contribution in [3.63, 3.8) is 0 Å². The predicted octanol–water partition coefficient (Wildman–Crippen LogP) is 3.09. The van der Waals surface area contributed by atoms with Crippen molar-refractivity contribution in [2.24, 2.45) is 0 Å². The Morgan fingerprint density at radius 2 is 2.07 bits per heavy atom. The highest BCUT2D eigenvalue weighted by Gasteiger charge is 2.32. The number of hydrogen-bond acceptors (Lipinski definition) is 5. The number of H-pyrrole nitrogens is 2. The molecule has 8 heteroatoms. The van der Waals surface area contributed by atoms with E-state index in [1.807, 2.05) is 25.1 Å². The highest BCUT2D eigenvalue weighted by molar-refractivity contribution is 6.12. The van der Waals surface area contributed by atoms with Crippen molar-refractivity contribution in [1.29, 1.82) is 5.41 Å². The number of pyridine rings is 1. The second-order valence-electron chi connectivity index (χ2n) is 6.90. The lowest BCUT2D eigenvalue weighted by molar-refractivity contribution is 0.582. The minimum absolute atomic E-state index is 0.131. The fourth-order valence-corrected chi connectivity index (χ4v) is 3.89. The van der Waals surface area contributed by atoms with Gasteiger partial charge in [-0.05, 0) is 36.2 Å². The molecule has 1 atom stereocenters. The molecule has 1 aliphatic rings. The zero-order chi connectivity index (χ0) is 20.1. The Morgan fingerprint density at radius 3 is 2.90 bits per heavy atom. The highest BCUT2D eigenvalue weighted by atomic mass is 19.1. The van der Waals surface area contributed by atoms with Gasteiger partial charge in [0.15, 0.2) is 0 Å². The fraction of sp³-hybridized carbons (Fsp3) is 0.0952. The third-order valence-electron chi connectivity index (χ3n) is 5.21. The monoisotopic (exact) mass is 386 g/mol. The summed E-state index contributed by atoms with van der Waals surface area (Å²) < 4.78 is 13.8. The first kappa shape index (κ1) is 17.2. The third-order valence-corrected chi connectivity index (χ3v) is 5.21. The van der Waals surface area contributed by atoms with Gasteiger partial charge in [-0.1, -0.05) is 18.2 Å². The van der Waals surface area contributed by atoms with Crippen molar-refractivity contribution in [2.75, 3.05) is 0 Å². The summed E-state index contributed by atoms with van der Waals surface area (Å²) in [4.78, 5) is 23.4. The van der Waals surface area contributed by atoms with Crippen LogP contribution in [0.1, 0.15) is 34.0 Å². The number of benzene rings is 1. The lowest BCUT2D eigenvalue weighted by atomic mass is 9.79. The molecule has 3 N–H and O–H groups in total. The number of fused-ring (bicyclic) bond motifs is 2.